The normalized spacial score (nSPS) is 22.2. The molecule has 2 fully saturated rings. The molecule has 0 aliphatic carbocycles. The monoisotopic (exact) mass is 513 g/mol. The van der Waals surface area contributed by atoms with Crippen LogP contribution >= 0.6 is 12.2 Å². The second-order valence-electron chi connectivity index (χ2n) is 10.6. The number of aliphatic hydroxyl groups is 1. The van der Waals surface area contributed by atoms with E-state index in [1.807, 2.05) is 13.8 Å². The molecule has 4 N–H and O–H groups in total. The summed E-state index contributed by atoms with van der Waals surface area (Å²) in [6.45, 7) is 11.5. The van der Waals surface area contributed by atoms with E-state index in [1.54, 1.807) is 12.4 Å². The minimum absolute atomic E-state index is 0.0105. The van der Waals surface area contributed by atoms with Crippen LogP contribution in [0.15, 0.2) is 12.4 Å². The molecule has 11 nitrogen and oxygen atoms in total. The van der Waals surface area contributed by atoms with Gasteiger partial charge in [-0.2, -0.15) is 4.98 Å². The van der Waals surface area contributed by atoms with Crippen LogP contribution in [-0.4, -0.2) is 98.7 Å². The van der Waals surface area contributed by atoms with Gasteiger partial charge in [-0.3, -0.25) is 0 Å². The highest BCUT2D eigenvalue weighted by molar-refractivity contribution is 7.80. The summed E-state index contributed by atoms with van der Waals surface area (Å²) in [6, 6.07) is 0. The highest BCUT2D eigenvalue weighted by Crippen LogP contribution is 2.41. The van der Waals surface area contributed by atoms with E-state index in [1.165, 1.54) is 0 Å². The van der Waals surface area contributed by atoms with E-state index in [-0.39, 0.29) is 18.1 Å². The zero-order valence-corrected chi connectivity index (χ0v) is 22.0. The number of nitrogen functional groups attached to an aromatic ring is 1. The number of aromatic nitrogens is 4. The van der Waals surface area contributed by atoms with Crippen LogP contribution < -0.4 is 20.9 Å². The number of nitrogens with zero attached hydrogens (tertiary/aromatic N) is 7. The van der Waals surface area contributed by atoms with Crippen molar-refractivity contribution in [1.29, 1.82) is 0 Å². The van der Waals surface area contributed by atoms with Gasteiger partial charge in [-0.05, 0) is 45.8 Å². The Bertz CT molecular complexity index is 1120. The third-order valence-corrected chi connectivity index (χ3v) is 7.65. The van der Waals surface area contributed by atoms with Gasteiger partial charge in [0, 0.05) is 56.2 Å². The summed E-state index contributed by atoms with van der Waals surface area (Å²) >= 11 is 5.70. The first-order valence-corrected chi connectivity index (χ1v) is 12.9. The number of hydrogen-bond donors (Lipinski definition) is 3. The lowest BCUT2D eigenvalue weighted by Gasteiger charge is -2.38. The topological polar surface area (TPSA) is 129 Å². The zero-order chi connectivity index (χ0) is 25.5. The van der Waals surface area contributed by atoms with Crippen LogP contribution in [0.5, 0.6) is 0 Å². The molecular formula is C24H35N9O2S. The smallest absolute Gasteiger partial charge is 0.228 e. The van der Waals surface area contributed by atoms with Crippen molar-refractivity contribution < 1.29 is 9.84 Å². The quantitative estimate of drug-likeness (QED) is 0.490. The number of rotatable bonds is 5. The van der Waals surface area contributed by atoms with E-state index in [9.17, 15) is 5.11 Å². The Kier molecular flexibility index (Phi) is 6.60. The number of fused-ring (bicyclic) bond motifs is 1. The molecule has 0 spiro atoms. The Labute approximate surface area is 217 Å². The Morgan fingerprint density at radius 3 is 2.61 bits per heavy atom. The van der Waals surface area contributed by atoms with Crippen LogP contribution in [-0.2, 0) is 11.2 Å². The fraction of sp³-hybridized carbons (Fsp3) is 0.625. The van der Waals surface area contributed by atoms with Gasteiger partial charge in [-0.15, -0.1) is 0 Å². The molecule has 2 aromatic rings. The zero-order valence-electron chi connectivity index (χ0n) is 21.2. The molecule has 194 valence electrons. The van der Waals surface area contributed by atoms with E-state index >= 15 is 0 Å². The van der Waals surface area contributed by atoms with E-state index in [0.717, 1.165) is 68.2 Å². The van der Waals surface area contributed by atoms with E-state index in [2.05, 4.69) is 36.9 Å². The molecule has 12 heteroatoms. The second kappa shape index (κ2) is 9.56. The van der Waals surface area contributed by atoms with Crippen LogP contribution in [0.2, 0.25) is 0 Å². The van der Waals surface area contributed by atoms with E-state index in [4.69, 9.17) is 32.7 Å². The summed E-state index contributed by atoms with van der Waals surface area (Å²) in [7, 11) is 0. The van der Waals surface area contributed by atoms with E-state index in [0.29, 0.717) is 24.3 Å². The van der Waals surface area contributed by atoms with Crippen LogP contribution in [0.25, 0.3) is 11.3 Å². The first-order valence-electron chi connectivity index (χ1n) is 12.5. The Hall–Kier alpha value is -2.83. The maximum atomic E-state index is 9.65. The van der Waals surface area contributed by atoms with Crippen molar-refractivity contribution in [2.45, 2.75) is 44.7 Å². The van der Waals surface area contributed by atoms with Crippen molar-refractivity contribution >= 4 is 35.0 Å². The van der Waals surface area contributed by atoms with Crippen molar-refractivity contribution in [1.82, 2.24) is 30.2 Å². The Balaban J connectivity index is 1.47. The van der Waals surface area contributed by atoms with Crippen molar-refractivity contribution in [3.8, 4) is 11.3 Å². The van der Waals surface area contributed by atoms with Gasteiger partial charge in [-0.25, -0.2) is 15.0 Å². The Morgan fingerprint density at radius 2 is 1.92 bits per heavy atom. The highest BCUT2D eigenvalue weighted by Gasteiger charge is 2.44. The molecular weight excluding hydrogens is 478 g/mol. The van der Waals surface area contributed by atoms with E-state index < -0.39 is 5.54 Å². The van der Waals surface area contributed by atoms with Crippen molar-refractivity contribution in [3.05, 3.63) is 18.0 Å². The highest BCUT2D eigenvalue weighted by atomic mass is 32.1. The Morgan fingerprint density at radius 1 is 1.19 bits per heavy atom. The molecule has 1 atom stereocenters. The third-order valence-electron chi connectivity index (χ3n) is 7.28. The molecule has 36 heavy (non-hydrogen) atoms. The number of aliphatic hydroxyl groups excluding tert-OH is 1. The standard InChI is InChI=1S/C24H35N9O2S/c1-23(2,15-34)30-22(36)32-7-5-24(3,14-32)33-6-4-17-18(16-12-26-20(25)27-13-16)28-21(29-19(17)33)31-8-10-35-11-9-31/h12-13,34H,4-11,14-15H2,1-3H3,(H,30,36)(H2,25,26,27)/t24-/m0/s1. The van der Waals surface area contributed by atoms with Gasteiger partial charge < -0.3 is 35.6 Å². The summed E-state index contributed by atoms with van der Waals surface area (Å²) in [5, 5.41) is 13.6. The summed E-state index contributed by atoms with van der Waals surface area (Å²) < 4.78 is 5.56. The molecule has 2 saturated heterocycles. The summed E-state index contributed by atoms with van der Waals surface area (Å²) in [5.41, 5.74) is 7.96. The molecule has 0 radical (unpaired) electrons. The van der Waals surface area contributed by atoms with Gasteiger partial charge >= 0.3 is 0 Å². The van der Waals surface area contributed by atoms with Crippen molar-refractivity contribution in [2.75, 3.05) is 68.1 Å². The maximum Gasteiger partial charge on any atom is 0.228 e. The fourth-order valence-corrected chi connectivity index (χ4v) is 5.55. The number of nitrogens with one attached hydrogen (secondary N) is 1. The average molecular weight is 514 g/mol. The van der Waals surface area contributed by atoms with Gasteiger partial charge in [0.15, 0.2) is 5.11 Å². The predicted molar refractivity (Wildman–Crippen MR) is 143 cm³/mol. The first-order chi connectivity index (χ1) is 17.2. The lowest BCUT2D eigenvalue weighted by atomic mass is 9.99. The van der Waals surface area contributed by atoms with Gasteiger partial charge in [0.1, 0.15) is 5.82 Å². The fourth-order valence-electron chi connectivity index (χ4n) is 5.12. The number of anilines is 3. The molecule has 0 bridgehead atoms. The molecule has 5 heterocycles. The average Bonchev–Trinajstić information content (AvgIpc) is 3.49. The number of hydrogen-bond acceptors (Lipinski definition) is 10. The summed E-state index contributed by atoms with van der Waals surface area (Å²) in [5.74, 6) is 1.92. The maximum absolute atomic E-state index is 9.65. The van der Waals surface area contributed by atoms with Crippen LogP contribution in [0.1, 0.15) is 32.8 Å². The SMILES string of the molecule is CC(C)(CO)NC(=S)N1CC[C@](C)(N2CCc3c(-c4cnc(N)nc4)nc(N4CCOCC4)nc32)C1. The molecule has 3 aliphatic heterocycles. The minimum atomic E-state index is -0.466. The summed E-state index contributed by atoms with van der Waals surface area (Å²) in [4.78, 5) is 25.3. The lowest BCUT2D eigenvalue weighted by Crippen LogP contribution is -2.53. The number of nitrogens with two attached hydrogens (primary N) is 1. The largest absolute Gasteiger partial charge is 0.394 e. The van der Waals surface area contributed by atoms with Gasteiger partial charge in [-0.1, -0.05) is 0 Å². The van der Waals surface area contributed by atoms with Crippen molar-refractivity contribution in [3.63, 3.8) is 0 Å². The number of ether oxygens (including phenoxy) is 1. The molecule has 5 rings (SSSR count). The summed E-state index contributed by atoms with van der Waals surface area (Å²) in [6.07, 6.45) is 5.27. The molecule has 0 unspecified atom stereocenters. The molecule has 0 saturated carbocycles. The number of thiocarbonyl (C=S) groups is 1. The lowest BCUT2D eigenvalue weighted by molar-refractivity contribution is 0.122. The molecule has 0 aromatic carbocycles. The number of morpholine rings is 1. The van der Waals surface area contributed by atoms with Crippen LogP contribution in [0, 0.1) is 0 Å². The van der Waals surface area contributed by atoms with Crippen LogP contribution in [0.3, 0.4) is 0 Å². The predicted octanol–water partition coefficient (Wildman–Crippen LogP) is 0.825. The van der Waals surface area contributed by atoms with Crippen molar-refractivity contribution in [2.24, 2.45) is 0 Å². The van der Waals surface area contributed by atoms with Gasteiger partial charge in [0.05, 0.1) is 36.6 Å². The minimum Gasteiger partial charge on any atom is -0.394 e. The number of likely N-dealkylation sites (tertiary alicyclic amines) is 1. The molecule has 3 aliphatic rings. The molecule has 2 aromatic heterocycles. The second-order valence-corrected chi connectivity index (χ2v) is 11.0. The third kappa shape index (κ3) is 4.76. The molecule has 0 amide bonds. The first kappa shape index (κ1) is 24.8. The van der Waals surface area contributed by atoms with Crippen LogP contribution in [0.4, 0.5) is 17.7 Å². The van der Waals surface area contributed by atoms with Gasteiger partial charge in [0.2, 0.25) is 11.9 Å². The van der Waals surface area contributed by atoms with Gasteiger partial charge in [0.25, 0.3) is 0 Å².